The van der Waals surface area contributed by atoms with Crippen molar-refractivity contribution in [1.29, 1.82) is 0 Å². The third-order valence-electron chi connectivity index (χ3n) is 2.73. The van der Waals surface area contributed by atoms with Crippen molar-refractivity contribution in [3.63, 3.8) is 0 Å². The van der Waals surface area contributed by atoms with Gasteiger partial charge in [-0.05, 0) is 0 Å². The molecule has 1 nitrogen and oxygen atoms in total. The third kappa shape index (κ3) is 2.95. The summed E-state index contributed by atoms with van der Waals surface area (Å²) in [5.74, 6) is 0. The molecule has 94 valence electrons. The molecule has 0 N–H and O–H groups in total. The third-order valence-corrected chi connectivity index (χ3v) is 6.35. The quantitative estimate of drug-likeness (QED) is 0.673. The minimum absolute atomic E-state index is 0.300. The minimum atomic E-state index is 0.300. The average Bonchev–Trinajstić information content (AvgIpc) is 2.82. The van der Waals surface area contributed by atoms with Gasteiger partial charge in [0.15, 0.2) is 0 Å². The number of benzene rings is 2. The second-order valence-corrected chi connectivity index (χ2v) is 7.59. The van der Waals surface area contributed by atoms with Gasteiger partial charge in [0.25, 0.3) is 0 Å². The molecule has 0 aliphatic rings. The molecular weight excluding hydrogens is 317 g/mol. The summed E-state index contributed by atoms with van der Waals surface area (Å²) >= 11 is 2.09. The molecule has 0 bridgehead atoms. The molecule has 1 aromatic heterocycles. The number of hydrogen-bond acceptors (Lipinski definition) is 2. The summed E-state index contributed by atoms with van der Waals surface area (Å²) in [7, 11) is 0. The number of thiazole rings is 1. The Kier molecular flexibility index (Phi) is 3.79. The number of aromatic nitrogens is 1. The van der Waals surface area contributed by atoms with E-state index in [1.165, 1.54) is 19.5 Å². The van der Waals surface area contributed by atoms with Gasteiger partial charge in [0.05, 0.1) is 0 Å². The zero-order valence-corrected chi connectivity index (χ0v) is 13.1. The van der Waals surface area contributed by atoms with Crippen LogP contribution in [-0.2, 0) is 0 Å². The van der Waals surface area contributed by atoms with E-state index in [2.05, 4.69) is 61.5 Å². The molecule has 0 saturated heterocycles. The molecule has 0 spiro atoms. The molecule has 0 amide bonds. The van der Waals surface area contributed by atoms with E-state index in [9.17, 15) is 0 Å². The monoisotopic (exact) mass is 331 g/mol. The maximum absolute atomic E-state index is 4.82. The van der Waals surface area contributed by atoms with Gasteiger partial charge in [0.1, 0.15) is 0 Å². The van der Waals surface area contributed by atoms with Crippen LogP contribution >= 0.6 is 11.3 Å². The van der Waals surface area contributed by atoms with Gasteiger partial charge in [0, 0.05) is 0 Å². The van der Waals surface area contributed by atoms with Crippen LogP contribution in [0.4, 0.5) is 0 Å². The van der Waals surface area contributed by atoms with E-state index in [4.69, 9.17) is 4.98 Å². The molecule has 0 radical (unpaired) electrons. The first-order chi connectivity index (χ1) is 9.33. The van der Waals surface area contributed by atoms with Crippen molar-refractivity contribution in [3.05, 3.63) is 65.5 Å². The fraction of sp³-hybridized carbons (Fsp3) is 0.0625. The Bertz CT molecular complexity index is 662. The van der Waals surface area contributed by atoms with Crippen molar-refractivity contribution in [1.82, 2.24) is 4.98 Å². The van der Waals surface area contributed by atoms with Gasteiger partial charge in [-0.15, -0.1) is 0 Å². The first kappa shape index (κ1) is 12.6. The Balaban J connectivity index is 1.90. The molecule has 0 aliphatic carbocycles. The summed E-state index contributed by atoms with van der Waals surface area (Å²) in [4.78, 5) is 6.16. The summed E-state index contributed by atoms with van der Waals surface area (Å²) in [6, 6.07) is 21.0. The van der Waals surface area contributed by atoms with E-state index in [0.29, 0.717) is 15.0 Å². The predicted octanol–water partition coefficient (Wildman–Crippen LogP) is 2.77. The van der Waals surface area contributed by atoms with Gasteiger partial charge >= 0.3 is 123 Å². The van der Waals surface area contributed by atoms with E-state index in [1.807, 2.05) is 6.07 Å². The van der Waals surface area contributed by atoms with Crippen molar-refractivity contribution in [2.45, 2.75) is 6.92 Å². The molecule has 3 aromatic rings. The Morgan fingerprint density at radius 3 is 2.21 bits per heavy atom. The van der Waals surface area contributed by atoms with Crippen LogP contribution in [0, 0.1) is 6.92 Å². The first-order valence-corrected chi connectivity index (χ1v) is 8.61. The molecule has 0 fully saturated rings. The Morgan fingerprint density at radius 2 is 1.53 bits per heavy atom. The molecule has 3 rings (SSSR count). The number of hydrogen-bond donors (Lipinski definition) is 0. The van der Waals surface area contributed by atoms with Gasteiger partial charge in [-0.25, -0.2) is 0 Å². The van der Waals surface area contributed by atoms with Crippen LogP contribution in [-0.4, -0.2) is 19.9 Å². The van der Waals surface area contributed by atoms with Gasteiger partial charge in [0.2, 0.25) is 0 Å². The molecular formula is C16H13NSSe. The average molecular weight is 330 g/mol. The van der Waals surface area contributed by atoms with Crippen molar-refractivity contribution in [2.75, 3.05) is 0 Å². The Labute approximate surface area is 123 Å². The zero-order chi connectivity index (χ0) is 13.1. The van der Waals surface area contributed by atoms with E-state index in [0.717, 1.165) is 5.01 Å². The van der Waals surface area contributed by atoms with E-state index in [-0.39, 0.29) is 0 Å². The zero-order valence-electron chi connectivity index (χ0n) is 10.5. The molecule has 19 heavy (non-hydrogen) atoms. The second-order valence-electron chi connectivity index (χ2n) is 4.16. The van der Waals surface area contributed by atoms with E-state index >= 15 is 0 Å². The predicted molar refractivity (Wildman–Crippen MR) is 83.8 cm³/mol. The molecule has 3 heteroatoms. The SMILES string of the molecule is Cc1sc(-c2ccccc2)nc1[Se]c1ccccc1. The molecule has 0 saturated carbocycles. The van der Waals surface area contributed by atoms with Crippen LogP contribution in [0.3, 0.4) is 0 Å². The first-order valence-electron chi connectivity index (χ1n) is 6.09. The van der Waals surface area contributed by atoms with Crippen LogP contribution in [0.25, 0.3) is 10.6 Å². The molecule has 0 atom stereocenters. The topological polar surface area (TPSA) is 12.9 Å². The van der Waals surface area contributed by atoms with Crippen molar-refractivity contribution in [2.24, 2.45) is 0 Å². The molecule has 1 heterocycles. The van der Waals surface area contributed by atoms with Crippen LogP contribution < -0.4 is 9.05 Å². The summed E-state index contributed by atoms with van der Waals surface area (Å²) in [6.07, 6.45) is 0. The van der Waals surface area contributed by atoms with Crippen LogP contribution in [0.5, 0.6) is 0 Å². The van der Waals surface area contributed by atoms with E-state index in [1.54, 1.807) is 11.3 Å². The second kappa shape index (κ2) is 5.70. The molecule has 0 unspecified atom stereocenters. The van der Waals surface area contributed by atoms with Crippen LogP contribution in [0.1, 0.15) is 4.88 Å². The summed E-state index contributed by atoms with van der Waals surface area (Å²) < 4.78 is 2.63. The molecule has 2 aromatic carbocycles. The van der Waals surface area contributed by atoms with Gasteiger partial charge in [-0.1, -0.05) is 0 Å². The Morgan fingerprint density at radius 1 is 0.895 bits per heavy atom. The summed E-state index contributed by atoms with van der Waals surface area (Å²) in [5.41, 5.74) is 1.21. The maximum atomic E-state index is 4.82. The molecule has 0 aliphatic heterocycles. The number of rotatable bonds is 3. The fourth-order valence-corrected chi connectivity index (χ4v) is 4.88. The van der Waals surface area contributed by atoms with Gasteiger partial charge in [-0.2, -0.15) is 0 Å². The number of nitrogens with zero attached hydrogens (tertiary/aromatic N) is 1. The van der Waals surface area contributed by atoms with Gasteiger partial charge < -0.3 is 0 Å². The van der Waals surface area contributed by atoms with Gasteiger partial charge in [-0.3, -0.25) is 0 Å². The van der Waals surface area contributed by atoms with Crippen LogP contribution in [0.15, 0.2) is 60.7 Å². The summed E-state index contributed by atoms with van der Waals surface area (Å²) in [6.45, 7) is 2.17. The fourth-order valence-electron chi connectivity index (χ4n) is 1.78. The normalized spacial score (nSPS) is 10.6. The van der Waals surface area contributed by atoms with Crippen molar-refractivity contribution < 1.29 is 0 Å². The standard InChI is InChI=1S/C16H13NSSe/c1-12-16(19-14-10-6-3-7-11-14)17-15(18-12)13-8-4-2-5-9-13/h2-11H,1H3. The Hall–Kier alpha value is -1.41. The van der Waals surface area contributed by atoms with Crippen molar-refractivity contribution in [3.8, 4) is 10.6 Å². The van der Waals surface area contributed by atoms with Crippen LogP contribution in [0.2, 0.25) is 0 Å². The summed E-state index contributed by atoms with van der Waals surface area (Å²) in [5, 5.41) is 1.13. The van der Waals surface area contributed by atoms with E-state index < -0.39 is 0 Å². The van der Waals surface area contributed by atoms with Crippen molar-refractivity contribution >= 4 is 35.3 Å². The number of aryl methyl sites for hydroxylation is 1.